The SMILES string of the molecule is COC1CN(c2ccc3cc(N)ccc3n2)CCC1C. The molecule has 1 aromatic heterocycles. The number of nitrogens with zero attached hydrogens (tertiary/aromatic N) is 2. The number of pyridine rings is 1. The normalized spacial score (nSPS) is 23.2. The molecule has 1 aromatic carbocycles. The van der Waals surface area contributed by atoms with Crippen LogP contribution >= 0.6 is 0 Å². The lowest BCUT2D eigenvalue weighted by molar-refractivity contribution is 0.0496. The second-order valence-electron chi connectivity index (χ2n) is 5.61. The average molecular weight is 271 g/mol. The predicted molar refractivity (Wildman–Crippen MR) is 82.9 cm³/mol. The van der Waals surface area contributed by atoms with E-state index in [0.717, 1.165) is 41.9 Å². The molecule has 1 aliphatic heterocycles. The summed E-state index contributed by atoms with van der Waals surface area (Å²) in [5.74, 6) is 1.63. The first-order valence-corrected chi connectivity index (χ1v) is 7.11. The van der Waals surface area contributed by atoms with Crippen molar-refractivity contribution in [3.63, 3.8) is 0 Å². The van der Waals surface area contributed by atoms with Gasteiger partial charge in [0, 0.05) is 31.3 Å². The molecule has 2 aromatic rings. The molecule has 0 bridgehead atoms. The van der Waals surface area contributed by atoms with Crippen LogP contribution in [0.25, 0.3) is 10.9 Å². The van der Waals surface area contributed by atoms with E-state index in [2.05, 4.69) is 24.0 Å². The van der Waals surface area contributed by atoms with E-state index in [4.69, 9.17) is 15.5 Å². The van der Waals surface area contributed by atoms with Crippen LogP contribution in [0.15, 0.2) is 30.3 Å². The number of hydrogen-bond acceptors (Lipinski definition) is 4. The molecule has 1 fully saturated rings. The number of ether oxygens (including phenoxy) is 1. The van der Waals surface area contributed by atoms with Crippen molar-refractivity contribution in [2.45, 2.75) is 19.4 Å². The van der Waals surface area contributed by atoms with Gasteiger partial charge in [0.1, 0.15) is 5.82 Å². The Morgan fingerprint density at radius 2 is 2.15 bits per heavy atom. The first kappa shape index (κ1) is 13.2. The maximum atomic E-state index is 5.80. The van der Waals surface area contributed by atoms with Crippen molar-refractivity contribution in [2.24, 2.45) is 5.92 Å². The number of hydrogen-bond donors (Lipinski definition) is 1. The molecule has 3 rings (SSSR count). The van der Waals surface area contributed by atoms with Crippen LogP contribution in [0.2, 0.25) is 0 Å². The summed E-state index contributed by atoms with van der Waals surface area (Å²) in [6, 6.07) is 10.0. The third-order valence-electron chi connectivity index (χ3n) is 4.21. The molecular formula is C16H21N3O. The van der Waals surface area contributed by atoms with Crippen molar-refractivity contribution in [3.8, 4) is 0 Å². The van der Waals surface area contributed by atoms with Crippen molar-refractivity contribution in [1.82, 2.24) is 4.98 Å². The Hall–Kier alpha value is -1.81. The molecule has 2 atom stereocenters. The van der Waals surface area contributed by atoms with Crippen LogP contribution in [0.5, 0.6) is 0 Å². The van der Waals surface area contributed by atoms with Gasteiger partial charge in [-0.3, -0.25) is 0 Å². The smallest absolute Gasteiger partial charge is 0.129 e. The molecule has 20 heavy (non-hydrogen) atoms. The third-order valence-corrected chi connectivity index (χ3v) is 4.21. The second kappa shape index (κ2) is 5.29. The minimum absolute atomic E-state index is 0.285. The number of nitrogens with two attached hydrogens (primary N) is 1. The standard InChI is InChI=1S/C16H21N3O/c1-11-7-8-19(10-15(11)20-2)16-6-3-12-9-13(17)4-5-14(12)18-16/h3-6,9,11,15H,7-8,10,17H2,1-2H3. The average Bonchev–Trinajstić information content (AvgIpc) is 2.47. The zero-order chi connectivity index (χ0) is 14.1. The van der Waals surface area contributed by atoms with E-state index in [1.165, 1.54) is 0 Å². The minimum atomic E-state index is 0.285. The highest BCUT2D eigenvalue weighted by atomic mass is 16.5. The van der Waals surface area contributed by atoms with Gasteiger partial charge in [0.2, 0.25) is 0 Å². The number of piperidine rings is 1. The van der Waals surface area contributed by atoms with Crippen molar-refractivity contribution in [3.05, 3.63) is 30.3 Å². The van der Waals surface area contributed by atoms with E-state index >= 15 is 0 Å². The molecular weight excluding hydrogens is 250 g/mol. The number of aromatic nitrogens is 1. The summed E-state index contributed by atoms with van der Waals surface area (Å²) in [7, 11) is 1.79. The summed E-state index contributed by atoms with van der Waals surface area (Å²) in [6.07, 6.45) is 1.42. The molecule has 1 aliphatic rings. The maximum absolute atomic E-state index is 5.80. The highest BCUT2D eigenvalue weighted by molar-refractivity contribution is 5.83. The van der Waals surface area contributed by atoms with Gasteiger partial charge in [-0.2, -0.15) is 0 Å². The van der Waals surface area contributed by atoms with Crippen LogP contribution < -0.4 is 10.6 Å². The van der Waals surface area contributed by atoms with Crippen molar-refractivity contribution >= 4 is 22.4 Å². The lowest BCUT2D eigenvalue weighted by atomic mass is 9.96. The van der Waals surface area contributed by atoms with Crippen LogP contribution in [-0.2, 0) is 4.74 Å². The molecule has 0 spiro atoms. The van der Waals surface area contributed by atoms with Crippen LogP contribution in [0.3, 0.4) is 0 Å². The summed E-state index contributed by atoms with van der Waals surface area (Å²) in [5.41, 5.74) is 7.57. The first-order chi connectivity index (χ1) is 9.67. The van der Waals surface area contributed by atoms with Gasteiger partial charge in [-0.05, 0) is 42.7 Å². The minimum Gasteiger partial charge on any atom is -0.399 e. The molecule has 2 heterocycles. The van der Waals surface area contributed by atoms with E-state index in [0.29, 0.717) is 5.92 Å². The fourth-order valence-corrected chi connectivity index (χ4v) is 2.86. The highest BCUT2D eigenvalue weighted by Crippen LogP contribution is 2.25. The Balaban J connectivity index is 1.88. The van der Waals surface area contributed by atoms with Gasteiger partial charge in [-0.1, -0.05) is 6.92 Å². The van der Waals surface area contributed by atoms with Gasteiger partial charge >= 0.3 is 0 Å². The molecule has 2 unspecified atom stereocenters. The molecule has 1 saturated heterocycles. The molecule has 0 saturated carbocycles. The fraction of sp³-hybridized carbons (Fsp3) is 0.438. The van der Waals surface area contributed by atoms with E-state index in [1.54, 1.807) is 7.11 Å². The summed E-state index contributed by atoms with van der Waals surface area (Å²) in [4.78, 5) is 7.06. The van der Waals surface area contributed by atoms with Gasteiger partial charge in [0.05, 0.1) is 11.6 Å². The first-order valence-electron chi connectivity index (χ1n) is 7.11. The Bertz CT molecular complexity index is 614. The third kappa shape index (κ3) is 2.43. The van der Waals surface area contributed by atoms with Crippen LogP contribution in [-0.4, -0.2) is 31.3 Å². The zero-order valence-electron chi connectivity index (χ0n) is 12.0. The monoisotopic (exact) mass is 271 g/mol. The molecule has 4 heteroatoms. The molecule has 0 aliphatic carbocycles. The maximum Gasteiger partial charge on any atom is 0.129 e. The van der Waals surface area contributed by atoms with Gasteiger partial charge in [-0.25, -0.2) is 4.98 Å². The van der Waals surface area contributed by atoms with E-state index in [1.807, 2.05) is 18.2 Å². The van der Waals surface area contributed by atoms with Crippen molar-refractivity contribution in [2.75, 3.05) is 30.8 Å². The Labute approximate surface area is 119 Å². The molecule has 2 N–H and O–H groups in total. The summed E-state index contributed by atoms with van der Waals surface area (Å²) in [6.45, 7) is 4.20. The largest absolute Gasteiger partial charge is 0.399 e. The lowest BCUT2D eigenvalue weighted by Gasteiger charge is -2.37. The predicted octanol–water partition coefficient (Wildman–Crippen LogP) is 2.68. The number of fused-ring (bicyclic) bond motifs is 1. The van der Waals surface area contributed by atoms with Crippen molar-refractivity contribution in [1.29, 1.82) is 0 Å². The Kier molecular flexibility index (Phi) is 3.49. The van der Waals surface area contributed by atoms with Gasteiger partial charge in [0.25, 0.3) is 0 Å². The molecule has 0 amide bonds. The lowest BCUT2D eigenvalue weighted by Crippen LogP contribution is -2.44. The second-order valence-corrected chi connectivity index (χ2v) is 5.61. The van der Waals surface area contributed by atoms with Crippen LogP contribution in [0.4, 0.5) is 11.5 Å². The van der Waals surface area contributed by atoms with Gasteiger partial charge < -0.3 is 15.4 Å². The Morgan fingerprint density at radius 3 is 2.95 bits per heavy atom. The molecule has 0 radical (unpaired) electrons. The number of benzene rings is 1. The topological polar surface area (TPSA) is 51.4 Å². The molecule has 106 valence electrons. The number of nitrogen functional groups attached to an aromatic ring is 1. The summed E-state index contributed by atoms with van der Waals surface area (Å²) < 4.78 is 5.57. The zero-order valence-corrected chi connectivity index (χ0v) is 12.0. The highest BCUT2D eigenvalue weighted by Gasteiger charge is 2.26. The van der Waals surface area contributed by atoms with Crippen LogP contribution in [0, 0.1) is 5.92 Å². The molecule has 4 nitrogen and oxygen atoms in total. The quantitative estimate of drug-likeness (QED) is 0.853. The number of anilines is 2. The number of rotatable bonds is 2. The Morgan fingerprint density at radius 1 is 1.30 bits per heavy atom. The summed E-state index contributed by atoms with van der Waals surface area (Å²) >= 11 is 0. The van der Waals surface area contributed by atoms with E-state index < -0.39 is 0 Å². The van der Waals surface area contributed by atoms with Crippen LogP contribution in [0.1, 0.15) is 13.3 Å². The van der Waals surface area contributed by atoms with Gasteiger partial charge in [0.15, 0.2) is 0 Å². The van der Waals surface area contributed by atoms with Crippen molar-refractivity contribution < 1.29 is 4.74 Å². The number of methoxy groups -OCH3 is 1. The summed E-state index contributed by atoms with van der Waals surface area (Å²) in [5, 5.41) is 1.09. The fourth-order valence-electron chi connectivity index (χ4n) is 2.86. The van der Waals surface area contributed by atoms with Gasteiger partial charge in [-0.15, -0.1) is 0 Å². The van der Waals surface area contributed by atoms with E-state index in [9.17, 15) is 0 Å². The van der Waals surface area contributed by atoms with E-state index in [-0.39, 0.29) is 6.10 Å².